The van der Waals surface area contributed by atoms with Gasteiger partial charge in [-0.2, -0.15) is 0 Å². The Bertz CT molecular complexity index is 804. The molecule has 1 unspecified atom stereocenters. The Labute approximate surface area is 137 Å². The van der Waals surface area contributed by atoms with Crippen molar-refractivity contribution in [3.63, 3.8) is 0 Å². The summed E-state index contributed by atoms with van der Waals surface area (Å²) in [5, 5.41) is 12.2. The molecule has 1 rings (SSSR count). The Morgan fingerprint density at radius 3 is 2.57 bits per heavy atom. The van der Waals surface area contributed by atoms with Crippen LogP contribution >= 0.6 is 0 Å². The van der Waals surface area contributed by atoms with E-state index in [1.807, 2.05) is 26.0 Å². The van der Waals surface area contributed by atoms with Crippen LogP contribution in [0.2, 0.25) is 0 Å². The lowest BCUT2D eigenvalue weighted by Crippen LogP contribution is -2.30. The molecule has 0 radical (unpaired) electrons. The summed E-state index contributed by atoms with van der Waals surface area (Å²) >= 11 is 0. The summed E-state index contributed by atoms with van der Waals surface area (Å²) in [7, 11) is 0. The second-order valence-corrected chi connectivity index (χ2v) is 5.22. The largest absolute Gasteiger partial charge is 0.378 e. The molecule has 1 atom stereocenters. The summed E-state index contributed by atoms with van der Waals surface area (Å²) in [6, 6.07) is 1.79. The fraction of sp³-hybridized carbons (Fsp3) is 0.250. The minimum absolute atomic E-state index is 0.0321. The van der Waals surface area contributed by atoms with E-state index in [1.165, 1.54) is 6.08 Å². The molecule has 0 aliphatic heterocycles. The van der Waals surface area contributed by atoms with Crippen LogP contribution < -0.4 is 10.6 Å². The van der Waals surface area contributed by atoms with Gasteiger partial charge in [0.25, 0.3) is 0 Å². The van der Waals surface area contributed by atoms with Crippen LogP contribution in [0.1, 0.15) is 32.8 Å². The Balaban J connectivity index is 3.27. The SMILES string of the molecule is C=CC(F)=C(C=C)CC(C)(O)C#Cc1ccnc(=CC)c1=CC. The molecule has 0 saturated heterocycles. The number of hydrogen-bond donors (Lipinski definition) is 1. The molecule has 0 aliphatic carbocycles. The van der Waals surface area contributed by atoms with Crippen LogP contribution in [-0.2, 0) is 0 Å². The number of hydrogen-bond acceptors (Lipinski definition) is 2. The third-order valence-electron chi connectivity index (χ3n) is 3.32. The molecule has 1 aromatic heterocycles. The summed E-state index contributed by atoms with van der Waals surface area (Å²) in [6.07, 6.45) is 7.99. The molecule has 23 heavy (non-hydrogen) atoms. The van der Waals surface area contributed by atoms with Crippen molar-refractivity contribution < 1.29 is 9.50 Å². The van der Waals surface area contributed by atoms with Crippen molar-refractivity contribution >= 4 is 12.2 Å². The van der Waals surface area contributed by atoms with Gasteiger partial charge in [0.1, 0.15) is 11.4 Å². The molecule has 1 N–H and O–H groups in total. The van der Waals surface area contributed by atoms with E-state index in [9.17, 15) is 9.50 Å². The van der Waals surface area contributed by atoms with Gasteiger partial charge in [-0.1, -0.05) is 43.2 Å². The van der Waals surface area contributed by atoms with Gasteiger partial charge in [-0.25, -0.2) is 4.39 Å². The van der Waals surface area contributed by atoms with Gasteiger partial charge in [0.15, 0.2) is 0 Å². The monoisotopic (exact) mass is 311 g/mol. The second-order valence-electron chi connectivity index (χ2n) is 5.22. The zero-order valence-corrected chi connectivity index (χ0v) is 13.9. The predicted octanol–water partition coefficient (Wildman–Crippen LogP) is 2.77. The Hall–Kier alpha value is -2.44. The maximum absolute atomic E-state index is 13.6. The first-order chi connectivity index (χ1) is 10.9. The summed E-state index contributed by atoms with van der Waals surface area (Å²) in [5.41, 5.74) is -0.336. The highest BCUT2D eigenvalue weighted by molar-refractivity contribution is 5.42. The first kappa shape index (κ1) is 18.6. The van der Waals surface area contributed by atoms with Crippen molar-refractivity contribution in [2.45, 2.75) is 32.8 Å². The van der Waals surface area contributed by atoms with Gasteiger partial charge >= 0.3 is 0 Å². The molecule has 0 aliphatic rings. The van der Waals surface area contributed by atoms with E-state index >= 15 is 0 Å². The van der Waals surface area contributed by atoms with Crippen LogP contribution in [0.15, 0.2) is 49.0 Å². The number of halogens is 1. The minimum Gasteiger partial charge on any atom is -0.378 e. The molecule has 0 aromatic carbocycles. The number of pyridine rings is 1. The van der Waals surface area contributed by atoms with Crippen LogP contribution in [0.5, 0.6) is 0 Å². The van der Waals surface area contributed by atoms with Gasteiger partial charge in [-0.05, 0) is 38.5 Å². The van der Waals surface area contributed by atoms with E-state index in [1.54, 1.807) is 19.2 Å². The molecule has 2 nitrogen and oxygen atoms in total. The summed E-state index contributed by atoms with van der Waals surface area (Å²) < 4.78 is 13.6. The highest BCUT2D eigenvalue weighted by Crippen LogP contribution is 2.21. The van der Waals surface area contributed by atoms with Crippen molar-refractivity contribution in [2.24, 2.45) is 0 Å². The molecule has 0 fully saturated rings. The lowest BCUT2D eigenvalue weighted by atomic mass is 9.95. The zero-order chi connectivity index (χ0) is 17.5. The fourth-order valence-corrected chi connectivity index (χ4v) is 2.13. The van der Waals surface area contributed by atoms with Crippen molar-refractivity contribution in [2.75, 3.05) is 0 Å². The summed E-state index contributed by atoms with van der Waals surface area (Å²) in [4.78, 5) is 4.27. The van der Waals surface area contributed by atoms with Crippen molar-refractivity contribution in [3.8, 4) is 11.8 Å². The number of allylic oxidation sites excluding steroid dienone is 3. The molecule has 120 valence electrons. The van der Waals surface area contributed by atoms with Crippen LogP contribution in [0.25, 0.3) is 12.2 Å². The van der Waals surface area contributed by atoms with Gasteiger partial charge in [0, 0.05) is 23.4 Å². The third kappa shape index (κ3) is 5.05. The highest BCUT2D eigenvalue weighted by Gasteiger charge is 2.19. The van der Waals surface area contributed by atoms with Crippen molar-refractivity contribution in [1.82, 2.24) is 4.98 Å². The van der Waals surface area contributed by atoms with Crippen molar-refractivity contribution in [3.05, 3.63) is 65.1 Å². The minimum atomic E-state index is -1.38. The quantitative estimate of drug-likeness (QED) is 0.685. The van der Waals surface area contributed by atoms with E-state index in [0.717, 1.165) is 22.2 Å². The first-order valence-electron chi connectivity index (χ1n) is 7.35. The standard InChI is InChI=1S/C20H22FNO/c1-6-15(18(21)8-3)14-20(5,23)12-10-16-11-13-22-19(9-4)17(16)7-2/h6-9,11,13,23H,1,3,14H2,2,4-5H3. The van der Waals surface area contributed by atoms with Gasteiger partial charge in [0.2, 0.25) is 0 Å². The number of aliphatic hydroxyl groups is 1. The van der Waals surface area contributed by atoms with E-state index in [0.29, 0.717) is 0 Å². The number of nitrogens with zero attached hydrogens (tertiary/aromatic N) is 1. The lowest BCUT2D eigenvalue weighted by Gasteiger charge is -2.17. The smallest absolute Gasteiger partial charge is 0.127 e. The topological polar surface area (TPSA) is 33.1 Å². The Kier molecular flexibility index (Phi) is 6.68. The average Bonchev–Trinajstić information content (AvgIpc) is 2.56. The number of rotatable bonds is 4. The molecule has 3 heteroatoms. The third-order valence-corrected chi connectivity index (χ3v) is 3.32. The lowest BCUT2D eigenvalue weighted by molar-refractivity contribution is 0.123. The molecule has 1 heterocycles. The van der Waals surface area contributed by atoms with Gasteiger partial charge in [0.05, 0.1) is 5.35 Å². The molecule has 0 spiro atoms. The average molecular weight is 311 g/mol. The summed E-state index contributed by atoms with van der Waals surface area (Å²) in [6.45, 7) is 12.3. The molecular formula is C20H22FNO. The predicted molar refractivity (Wildman–Crippen MR) is 94.4 cm³/mol. The van der Waals surface area contributed by atoms with Gasteiger partial charge in [-0.3, -0.25) is 4.98 Å². The van der Waals surface area contributed by atoms with Crippen LogP contribution in [0, 0.1) is 11.8 Å². The molecule has 1 aromatic rings. The normalized spacial score (nSPS) is 16.0. The fourth-order valence-electron chi connectivity index (χ4n) is 2.13. The van der Waals surface area contributed by atoms with Crippen LogP contribution in [0.3, 0.4) is 0 Å². The molecule has 0 amide bonds. The van der Waals surface area contributed by atoms with E-state index in [2.05, 4.69) is 30.0 Å². The zero-order valence-electron chi connectivity index (χ0n) is 13.9. The Morgan fingerprint density at radius 2 is 2.04 bits per heavy atom. The maximum Gasteiger partial charge on any atom is 0.127 e. The molecule has 0 bridgehead atoms. The first-order valence-corrected chi connectivity index (χ1v) is 7.35. The van der Waals surface area contributed by atoms with Crippen LogP contribution in [0.4, 0.5) is 4.39 Å². The molecule has 0 saturated carbocycles. The Morgan fingerprint density at radius 1 is 1.35 bits per heavy atom. The maximum atomic E-state index is 13.6. The van der Waals surface area contributed by atoms with E-state index < -0.39 is 11.4 Å². The van der Waals surface area contributed by atoms with E-state index in [4.69, 9.17) is 0 Å². The second kappa shape index (κ2) is 8.26. The van der Waals surface area contributed by atoms with Crippen molar-refractivity contribution in [1.29, 1.82) is 0 Å². The highest BCUT2D eigenvalue weighted by atomic mass is 19.1. The summed E-state index contributed by atoms with van der Waals surface area (Å²) in [5.74, 6) is 5.27. The van der Waals surface area contributed by atoms with Gasteiger partial charge < -0.3 is 5.11 Å². The van der Waals surface area contributed by atoms with E-state index in [-0.39, 0.29) is 12.0 Å². The van der Waals surface area contributed by atoms with Gasteiger partial charge in [-0.15, -0.1) is 0 Å². The molecular weight excluding hydrogens is 289 g/mol. The van der Waals surface area contributed by atoms with Crippen LogP contribution in [-0.4, -0.2) is 15.7 Å². The number of aromatic nitrogens is 1.